The maximum atomic E-state index is 4.36. The highest BCUT2D eigenvalue weighted by Crippen LogP contribution is 2.37. The van der Waals surface area contributed by atoms with Crippen molar-refractivity contribution in [1.29, 1.82) is 0 Å². The molecule has 0 radical (unpaired) electrons. The van der Waals surface area contributed by atoms with Crippen molar-refractivity contribution < 1.29 is 0 Å². The second-order valence-corrected chi connectivity index (χ2v) is 4.44. The maximum absolute atomic E-state index is 4.36. The van der Waals surface area contributed by atoms with Gasteiger partial charge < -0.3 is 4.31 Å². The van der Waals surface area contributed by atoms with Crippen molar-refractivity contribution in [2.24, 2.45) is 0 Å². The minimum Gasteiger partial charge on any atom is -0.306 e. The Hall–Kier alpha value is -1.48. The molecule has 0 amide bonds. The van der Waals surface area contributed by atoms with Crippen molar-refractivity contribution in [3.05, 3.63) is 54.2 Å². The molecule has 15 heavy (non-hydrogen) atoms. The summed E-state index contributed by atoms with van der Waals surface area (Å²) < 4.78 is 2.26. The summed E-state index contributed by atoms with van der Waals surface area (Å²) in [6.07, 6.45) is 1.85. The van der Waals surface area contributed by atoms with Crippen molar-refractivity contribution in [2.45, 2.75) is 11.6 Å². The normalized spacial score (nSPS) is 14.0. The molecule has 0 atom stereocenters. The highest BCUT2D eigenvalue weighted by molar-refractivity contribution is 8.00. The molecule has 0 bridgehead atoms. The molecule has 1 aliphatic heterocycles. The maximum Gasteiger partial charge on any atom is 0.122 e. The van der Waals surface area contributed by atoms with Crippen LogP contribution in [0.5, 0.6) is 0 Å². The monoisotopic (exact) mass is 214 g/mol. The first-order valence-corrected chi connectivity index (χ1v) is 5.65. The fourth-order valence-corrected chi connectivity index (χ4v) is 2.65. The van der Waals surface area contributed by atoms with Crippen LogP contribution < -0.4 is 4.31 Å². The molecule has 0 unspecified atom stereocenters. The standard InChI is InChI=1S/C12H10N2S/c1-2-6-11(7-3-1)14-9-10-5-4-8-13-12(10)15-14/h1-8H,9H2. The van der Waals surface area contributed by atoms with E-state index in [2.05, 4.69) is 39.6 Å². The van der Waals surface area contributed by atoms with Crippen LogP contribution in [0.3, 0.4) is 0 Å². The minimum atomic E-state index is 0.942. The van der Waals surface area contributed by atoms with Gasteiger partial charge in [-0.15, -0.1) is 0 Å². The Morgan fingerprint density at radius 2 is 1.93 bits per heavy atom. The predicted octanol–water partition coefficient (Wildman–Crippen LogP) is 3.11. The zero-order chi connectivity index (χ0) is 10.1. The van der Waals surface area contributed by atoms with E-state index in [0.29, 0.717) is 0 Å². The number of para-hydroxylation sites is 1. The zero-order valence-electron chi connectivity index (χ0n) is 8.13. The lowest BCUT2D eigenvalue weighted by atomic mass is 10.2. The van der Waals surface area contributed by atoms with Gasteiger partial charge in [0.2, 0.25) is 0 Å². The Morgan fingerprint density at radius 3 is 2.73 bits per heavy atom. The Labute approximate surface area is 93.1 Å². The molecule has 3 heteroatoms. The first kappa shape index (κ1) is 8.80. The van der Waals surface area contributed by atoms with Gasteiger partial charge in [0.15, 0.2) is 0 Å². The van der Waals surface area contributed by atoms with Crippen LogP contribution >= 0.6 is 11.9 Å². The fraction of sp³-hybridized carbons (Fsp3) is 0.0833. The summed E-state index contributed by atoms with van der Waals surface area (Å²) in [7, 11) is 0. The van der Waals surface area contributed by atoms with E-state index in [1.54, 1.807) is 11.9 Å². The molecular formula is C12H10N2S. The molecule has 0 spiro atoms. The van der Waals surface area contributed by atoms with Gasteiger partial charge in [-0.2, -0.15) is 0 Å². The Balaban J connectivity index is 1.91. The third kappa shape index (κ3) is 1.59. The molecule has 0 saturated carbocycles. The summed E-state index contributed by atoms with van der Waals surface area (Å²) in [6, 6.07) is 14.5. The Kier molecular flexibility index (Phi) is 2.10. The highest BCUT2D eigenvalue weighted by atomic mass is 32.2. The molecule has 0 N–H and O–H groups in total. The number of benzene rings is 1. The second-order valence-electron chi connectivity index (χ2n) is 3.43. The van der Waals surface area contributed by atoms with Gasteiger partial charge in [-0.05, 0) is 18.2 Å². The summed E-state index contributed by atoms with van der Waals surface area (Å²) >= 11 is 1.71. The lowest BCUT2D eigenvalue weighted by Gasteiger charge is -2.14. The number of rotatable bonds is 1. The number of aromatic nitrogens is 1. The largest absolute Gasteiger partial charge is 0.306 e. The number of pyridine rings is 1. The number of fused-ring (bicyclic) bond motifs is 1. The zero-order valence-corrected chi connectivity index (χ0v) is 8.95. The smallest absolute Gasteiger partial charge is 0.122 e. The summed E-state index contributed by atoms with van der Waals surface area (Å²) in [5.74, 6) is 0. The number of hydrogen-bond donors (Lipinski definition) is 0. The van der Waals surface area contributed by atoms with Crippen molar-refractivity contribution in [2.75, 3.05) is 4.31 Å². The van der Waals surface area contributed by atoms with E-state index in [4.69, 9.17) is 0 Å². The SMILES string of the molecule is c1ccc(N2Cc3cccnc3S2)cc1. The van der Waals surface area contributed by atoms with Gasteiger partial charge in [0.05, 0.1) is 6.54 Å². The summed E-state index contributed by atoms with van der Waals surface area (Å²) in [5.41, 5.74) is 2.55. The van der Waals surface area contributed by atoms with Crippen LogP contribution in [0.15, 0.2) is 53.7 Å². The second kappa shape index (κ2) is 3.59. The van der Waals surface area contributed by atoms with Gasteiger partial charge >= 0.3 is 0 Å². The van der Waals surface area contributed by atoms with Crippen LogP contribution in [0.2, 0.25) is 0 Å². The molecular weight excluding hydrogens is 204 g/mol. The van der Waals surface area contributed by atoms with E-state index in [1.807, 2.05) is 18.3 Å². The van der Waals surface area contributed by atoms with Gasteiger partial charge in [-0.25, -0.2) is 4.98 Å². The summed E-state index contributed by atoms with van der Waals surface area (Å²) in [4.78, 5) is 4.36. The van der Waals surface area contributed by atoms with Crippen LogP contribution in [-0.4, -0.2) is 4.98 Å². The van der Waals surface area contributed by atoms with Crippen molar-refractivity contribution in [3.8, 4) is 0 Å². The molecule has 2 heterocycles. The van der Waals surface area contributed by atoms with Crippen molar-refractivity contribution in [3.63, 3.8) is 0 Å². The van der Waals surface area contributed by atoms with Crippen LogP contribution in [0.4, 0.5) is 5.69 Å². The summed E-state index contributed by atoms with van der Waals surface area (Å²) in [6.45, 7) is 0.942. The predicted molar refractivity (Wildman–Crippen MR) is 62.7 cm³/mol. The van der Waals surface area contributed by atoms with Crippen molar-refractivity contribution in [1.82, 2.24) is 4.98 Å². The van der Waals surface area contributed by atoms with E-state index in [9.17, 15) is 0 Å². The third-order valence-electron chi connectivity index (χ3n) is 2.40. The van der Waals surface area contributed by atoms with Gasteiger partial charge in [0.25, 0.3) is 0 Å². The quantitative estimate of drug-likeness (QED) is 0.678. The van der Waals surface area contributed by atoms with Crippen LogP contribution in [0.25, 0.3) is 0 Å². The average molecular weight is 214 g/mol. The topological polar surface area (TPSA) is 16.1 Å². The molecule has 3 rings (SSSR count). The molecule has 1 aliphatic rings. The lowest BCUT2D eigenvalue weighted by molar-refractivity contribution is 1.01. The van der Waals surface area contributed by atoms with E-state index in [-0.39, 0.29) is 0 Å². The number of anilines is 1. The van der Waals surface area contributed by atoms with E-state index < -0.39 is 0 Å². The number of hydrogen-bond acceptors (Lipinski definition) is 3. The molecule has 2 nitrogen and oxygen atoms in total. The molecule has 74 valence electrons. The molecule has 0 aliphatic carbocycles. The van der Waals surface area contributed by atoms with E-state index in [1.165, 1.54) is 11.3 Å². The minimum absolute atomic E-state index is 0.942. The fourth-order valence-electron chi connectivity index (χ4n) is 1.66. The van der Waals surface area contributed by atoms with Crippen LogP contribution in [0.1, 0.15) is 5.56 Å². The third-order valence-corrected chi connectivity index (χ3v) is 3.51. The van der Waals surface area contributed by atoms with E-state index in [0.717, 1.165) is 11.6 Å². The molecule has 2 aromatic rings. The first-order valence-electron chi connectivity index (χ1n) is 4.88. The average Bonchev–Trinajstić information content (AvgIpc) is 2.74. The number of nitrogens with zero attached hydrogens (tertiary/aromatic N) is 2. The Morgan fingerprint density at radius 1 is 1.07 bits per heavy atom. The molecule has 1 aromatic heterocycles. The van der Waals surface area contributed by atoms with Crippen LogP contribution in [-0.2, 0) is 6.54 Å². The summed E-state index contributed by atoms with van der Waals surface area (Å²) in [5, 5.41) is 1.13. The van der Waals surface area contributed by atoms with Crippen LogP contribution in [0, 0.1) is 0 Å². The molecule has 0 saturated heterocycles. The van der Waals surface area contributed by atoms with Gasteiger partial charge in [-0.1, -0.05) is 24.3 Å². The van der Waals surface area contributed by atoms with Gasteiger partial charge in [0, 0.05) is 29.4 Å². The Bertz CT molecular complexity index is 445. The first-order chi connectivity index (χ1) is 7.43. The van der Waals surface area contributed by atoms with E-state index >= 15 is 0 Å². The van der Waals surface area contributed by atoms with Gasteiger partial charge in [-0.3, -0.25) is 0 Å². The highest BCUT2D eigenvalue weighted by Gasteiger charge is 2.20. The lowest BCUT2D eigenvalue weighted by Crippen LogP contribution is -2.06. The van der Waals surface area contributed by atoms with Gasteiger partial charge in [0.1, 0.15) is 5.03 Å². The van der Waals surface area contributed by atoms with Crippen molar-refractivity contribution >= 4 is 17.6 Å². The molecule has 1 aromatic carbocycles. The molecule has 0 fully saturated rings.